The van der Waals surface area contributed by atoms with Crippen LogP contribution in [0.5, 0.6) is 11.5 Å². The third-order valence-corrected chi connectivity index (χ3v) is 5.79. The van der Waals surface area contributed by atoms with Crippen molar-refractivity contribution < 1.29 is 14.3 Å². The number of methoxy groups -OCH3 is 2. The van der Waals surface area contributed by atoms with Crippen molar-refractivity contribution in [1.29, 1.82) is 5.26 Å². The number of hydrogen-bond donors (Lipinski definition) is 0. The summed E-state index contributed by atoms with van der Waals surface area (Å²) in [5.74, 6) is 1.17. The molecule has 1 saturated carbocycles. The lowest BCUT2D eigenvalue weighted by atomic mass is 10.1. The van der Waals surface area contributed by atoms with E-state index >= 15 is 0 Å². The molecule has 0 saturated heterocycles. The number of carbonyl (C=O) groups excluding carboxylic acids is 1. The first-order chi connectivity index (χ1) is 14.9. The maximum Gasteiger partial charge on any atom is 0.265 e. The van der Waals surface area contributed by atoms with Crippen LogP contribution in [0.2, 0.25) is 0 Å². The van der Waals surface area contributed by atoms with E-state index in [1.165, 1.54) is 0 Å². The minimum absolute atomic E-state index is 0.146. The number of benzene rings is 1. The van der Waals surface area contributed by atoms with Crippen LogP contribution in [0.4, 0.5) is 0 Å². The van der Waals surface area contributed by atoms with Crippen molar-refractivity contribution in [2.75, 3.05) is 14.2 Å². The van der Waals surface area contributed by atoms with Crippen molar-refractivity contribution in [3.05, 3.63) is 52.4 Å². The molecule has 6 heteroatoms. The fourth-order valence-electron chi connectivity index (χ4n) is 3.94. The molecule has 3 rings (SSSR count). The Hall–Kier alpha value is -3.20. The van der Waals surface area contributed by atoms with Crippen LogP contribution in [0.15, 0.2) is 29.8 Å². The van der Waals surface area contributed by atoms with Crippen molar-refractivity contribution in [2.24, 2.45) is 0 Å². The van der Waals surface area contributed by atoms with E-state index in [1.807, 2.05) is 31.2 Å². The number of aromatic nitrogens is 1. The van der Waals surface area contributed by atoms with E-state index in [9.17, 15) is 10.1 Å². The molecule has 6 nitrogen and oxygen atoms in total. The average Bonchev–Trinajstić information content (AvgIpc) is 3.58. The topological polar surface area (TPSA) is 67.5 Å². The van der Waals surface area contributed by atoms with Gasteiger partial charge in [0.2, 0.25) is 0 Å². The van der Waals surface area contributed by atoms with Crippen molar-refractivity contribution >= 4 is 12.0 Å². The first-order valence-electron chi connectivity index (χ1n) is 10.7. The van der Waals surface area contributed by atoms with E-state index in [0.717, 1.165) is 48.3 Å². The maximum absolute atomic E-state index is 13.4. The Morgan fingerprint density at radius 2 is 2.00 bits per heavy atom. The van der Waals surface area contributed by atoms with E-state index in [0.29, 0.717) is 18.0 Å². The lowest BCUT2D eigenvalue weighted by molar-refractivity contribution is -0.127. The summed E-state index contributed by atoms with van der Waals surface area (Å²) in [6.45, 7) is 7.52. The van der Waals surface area contributed by atoms with Gasteiger partial charge in [-0.2, -0.15) is 5.26 Å². The van der Waals surface area contributed by atoms with E-state index in [1.54, 1.807) is 25.2 Å². The molecular weight excluding hydrogens is 390 g/mol. The molecule has 0 N–H and O–H groups in total. The molecule has 1 aromatic heterocycles. The van der Waals surface area contributed by atoms with Gasteiger partial charge in [-0.1, -0.05) is 6.92 Å². The number of ether oxygens (including phenoxy) is 2. The zero-order valence-electron chi connectivity index (χ0n) is 19.1. The van der Waals surface area contributed by atoms with Crippen LogP contribution in [0, 0.1) is 25.2 Å². The number of hydrogen-bond acceptors (Lipinski definition) is 4. The molecule has 31 heavy (non-hydrogen) atoms. The van der Waals surface area contributed by atoms with Crippen LogP contribution in [0.3, 0.4) is 0 Å². The lowest BCUT2D eigenvalue weighted by Crippen LogP contribution is -2.33. The van der Waals surface area contributed by atoms with Gasteiger partial charge in [0, 0.05) is 29.5 Å². The summed E-state index contributed by atoms with van der Waals surface area (Å²) in [6, 6.07) is 9.89. The molecule has 0 atom stereocenters. The smallest absolute Gasteiger partial charge is 0.265 e. The fourth-order valence-corrected chi connectivity index (χ4v) is 3.94. The van der Waals surface area contributed by atoms with Crippen molar-refractivity contribution in [2.45, 2.75) is 59.2 Å². The van der Waals surface area contributed by atoms with Gasteiger partial charge in [-0.15, -0.1) is 0 Å². The summed E-state index contributed by atoms with van der Waals surface area (Å²) in [4.78, 5) is 15.2. The van der Waals surface area contributed by atoms with Crippen LogP contribution in [-0.2, 0) is 17.9 Å². The van der Waals surface area contributed by atoms with Gasteiger partial charge >= 0.3 is 0 Å². The Bertz CT molecular complexity index is 1030. The van der Waals surface area contributed by atoms with Crippen LogP contribution in [-0.4, -0.2) is 35.6 Å². The molecule has 1 aromatic carbocycles. The van der Waals surface area contributed by atoms with Crippen molar-refractivity contribution in [3.63, 3.8) is 0 Å². The molecule has 1 amide bonds. The summed E-state index contributed by atoms with van der Waals surface area (Å²) < 4.78 is 13.1. The zero-order valence-corrected chi connectivity index (χ0v) is 19.1. The van der Waals surface area contributed by atoms with Gasteiger partial charge in [0.15, 0.2) is 0 Å². The summed E-state index contributed by atoms with van der Waals surface area (Å²) in [7, 11) is 3.22. The molecular formula is C25H31N3O3. The van der Waals surface area contributed by atoms with Gasteiger partial charge < -0.3 is 18.9 Å². The molecule has 0 aliphatic heterocycles. The Morgan fingerprint density at radius 3 is 2.58 bits per heavy atom. The highest BCUT2D eigenvalue weighted by Crippen LogP contribution is 2.33. The standard InChI is InChI=1S/C25H31N3O3/c1-6-11-27-17(2)12-19(18(27)3)13-20(15-26)25(29)28(22-7-8-22)16-21-14-23(30-4)9-10-24(21)31-5/h9-10,12-14,22H,6-8,11,16H2,1-5H3/b20-13-. The Kier molecular flexibility index (Phi) is 7.06. The largest absolute Gasteiger partial charge is 0.497 e. The lowest BCUT2D eigenvalue weighted by Gasteiger charge is -2.23. The zero-order chi connectivity index (χ0) is 22.5. The van der Waals surface area contributed by atoms with Gasteiger partial charge in [0.05, 0.1) is 20.8 Å². The number of amides is 1. The Morgan fingerprint density at radius 1 is 1.26 bits per heavy atom. The number of nitrogens with zero attached hydrogens (tertiary/aromatic N) is 3. The second-order valence-corrected chi connectivity index (χ2v) is 7.99. The van der Waals surface area contributed by atoms with Crippen LogP contribution < -0.4 is 9.47 Å². The van der Waals surface area contributed by atoms with Crippen molar-refractivity contribution in [3.8, 4) is 17.6 Å². The highest BCUT2D eigenvalue weighted by Gasteiger charge is 2.34. The minimum atomic E-state index is -0.241. The molecule has 0 spiro atoms. The Balaban J connectivity index is 1.92. The predicted molar refractivity (Wildman–Crippen MR) is 121 cm³/mol. The second-order valence-electron chi connectivity index (χ2n) is 7.99. The van der Waals surface area contributed by atoms with Crippen LogP contribution in [0.1, 0.15) is 48.7 Å². The molecule has 1 aliphatic carbocycles. The summed E-state index contributed by atoms with van der Waals surface area (Å²) in [5.41, 5.74) is 4.15. The molecule has 2 aromatic rings. The van der Waals surface area contributed by atoms with Crippen LogP contribution >= 0.6 is 0 Å². The molecule has 0 unspecified atom stereocenters. The van der Waals surface area contributed by atoms with Gasteiger partial charge in [0.25, 0.3) is 5.91 Å². The van der Waals surface area contributed by atoms with E-state index in [2.05, 4.69) is 24.5 Å². The number of aryl methyl sites for hydroxylation is 1. The number of nitriles is 1. The second kappa shape index (κ2) is 9.74. The highest BCUT2D eigenvalue weighted by atomic mass is 16.5. The average molecular weight is 422 g/mol. The third-order valence-electron chi connectivity index (χ3n) is 5.79. The van der Waals surface area contributed by atoms with Gasteiger partial charge in [0.1, 0.15) is 23.1 Å². The fraction of sp³-hybridized carbons (Fsp3) is 0.440. The molecule has 164 valence electrons. The summed E-state index contributed by atoms with van der Waals surface area (Å²) >= 11 is 0. The van der Waals surface area contributed by atoms with E-state index < -0.39 is 0 Å². The minimum Gasteiger partial charge on any atom is -0.497 e. The first-order valence-corrected chi connectivity index (χ1v) is 10.7. The van der Waals surface area contributed by atoms with Gasteiger partial charge in [-0.3, -0.25) is 4.79 Å². The first kappa shape index (κ1) is 22.5. The number of rotatable bonds is 9. The quantitative estimate of drug-likeness (QED) is 0.437. The normalized spacial score (nSPS) is 13.6. The van der Waals surface area contributed by atoms with Gasteiger partial charge in [-0.25, -0.2) is 0 Å². The Labute approximate surface area is 184 Å². The summed E-state index contributed by atoms with van der Waals surface area (Å²) in [6.07, 6.45) is 4.65. The van der Waals surface area contributed by atoms with Crippen LogP contribution in [0.25, 0.3) is 6.08 Å². The molecule has 1 heterocycles. The molecule has 1 aliphatic rings. The predicted octanol–water partition coefficient (Wildman–Crippen LogP) is 4.63. The summed E-state index contributed by atoms with van der Waals surface area (Å²) in [5, 5.41) is 9.81. The van der Waals surface area contributed by atoms with Gasteiger partial charge in [-0.05, 0) is 69.0 Å². The highest BCUT2D eigenvalue weighted by molar-refractivity contribution is 6.02. The SMILES string of the molecule is CCCn1c(C)cc(/C=C(/C#N)C(=O)N(Cc2cc(OC)ccc2OC)C2CC2)c1C. The monoisotopic (exact) mass is 421 g/mol. The van der Waals surface area contributed by atoms with E-state index in [-0.39, 0.29) is 17.5 Å². The molecule has 1 fully saturated rings. The third kappa shape index (κ3) is 4.93. The maximum atomic E-state index is 13.4. The van der Waals surface area contributed by atoms with Crippen molar-refractivity contribution in [1.82, 2.24) is 9.47 Å². The van der Waals surface area contributed by atoms with E-state index in [4.69, 9.17) is 9.47 Å². The molecule has 0 radical (unpaired) electrons. The number of carbonyl (C=O) groups is 1. The molecule has 0 bridgehead atoms.